The first-order valence-corrected chi connectivity index (χ1v) is 11.4. The zero-order valence-electron chi connectivity index (χ0n) is 16.8. The van der Waals surface area contributed by atoms with E-state index in [0.717, 1.165) is 16.7 Å². The molecule has 1 atom stereocenters. The number of hydrogen-bond acceptors (Lipinski definition) is 3. The summed E-state index contributed by atoms with van der Waals surface area (Å²) in [6, 6.07) is 13.3. The molecule has 1 amide bonds. The molecule has 2 aromatic rings. The zero-order valence-corrected chi connectivity index (χ0v) is 17.6. The van der Waals surface area contributed by atoms with E-state index in [1.165, 1.54) is 16.4 Å². The van der Waals surface area contributed by atoms with Crippen LogP contribution < -0.4 is 5.32 Å². The Balaban J connectivity index is 1.54. The molecule has 156 valence electrons. The average Bonchev–Trinajstić information content (AvgIpc) is 2.68. The van der Waals surface area contributed by atoms with Crippen LogP contribution in [0.3, 0.4) is 0 Å². The summed E-state index contributed by atoms with van der Waals surface area (Å²) in [5.41, 5.74) is 2.64. The lowest BCUT2D eigenvalue weighted by atomic mass is 9.96. The summed E-state index contributed by atoms with van der Waals surface area (Å²) < 4.78 is 40.0. The van der Waals surface area contributed by atoms with Gasteiger partial charge in [0.1, 0.15) is 5.82 Å². The smallest absolute Gasteiger partial charge is 0.223 e. The van der Waals surface area contributed by atoms with Crippen molar-refractivity contribution in [2.24, 2.45) is 5.92 Å². The van der Waals surface area contributed by atoms with Gasteiger partial charge in [-0.1, -0.05) is 42.0 Å². The monoisotopic (exact) mass is 418 g/mol. The van der Waals surface area contributed by atoms with Gasteiger partial charge in [-0.25, -0.2) is 17.1 Å². The van der Waals surface area contributed by atoms with Crippen LogP contribution in [-0.2, 0) is 20.6 Å². The van der Waals surface area contributed by atoms with E-state index in [9.17, 15) is 17.6 Å². The molecule has 1 N–H and O–H groups in total. The molecular weight excluding hydrogens is 391 g/mol. The van der Waals surface area contributed by atoms with Gasteiger partial charge in [-0.05, 0) is 49.9 Å². The lowest BCUT2D eigenvalue weighted by Gasteiger charge is -2.31. The second-order valence-corrected chi connectivity index (χ2v) is 9.67. The molecule has 0 bridgehead atoms. The van der Waals surface area contributed by atoms with Gasteiger partial charge in [-0.2, -0.15) is 0 Å². The van der Waals surface area contributed by atoms with Crippen molar-refractivity contribution in [1.82, 2.24) is 9.62 Å². The Labute approximate surface area is 172 Å². The molecule has 7 heteroatoms. The number of halogens is 1. The summed E-state index contributed by atoms with van der Waals surface area (Å²) in [5.74, 6) is -0.639. The van der Waals surface area contributed by atoms with Crippen molar-refractivity contribution >= 4 is 15.9 Å². The molecule has 0 aliphatic carbocycles. The van der Waals surface area contributed by atoms with Gasteiger partial charge in [0.15, 0.2) is 0 Å². The maximum atomic E-state index is 13.1. The van der Waals surface area contributed by atoms with Gasteiger partial charge in [-0.15, -0.1) is 0 Å². The van der Waals surface area contributed by atoms with Crippen LogP contribution in [0.15, 0.2) is 48.5 Å². The minimum atomic E-state index is -3.41. The van der Waals surface area contributed by atoms with Gasteiger partial charge >= 0.3 is 0 Å². The largest absolute Gasteiger partial charge is 0.349 e. The Morgan fingerprint density at radius 2 is 1.83 bits per heavy atom. The normalized spacial score (nSPS) is 17.1. The van der Waals surface area contributed by atoms with Crippen LogP contribution in [0.5, 0.6) is 0 Å². The number of benzene rings is 2. The molecule has 2 aromatic carbocycles. The number of carbonyl (C=O) groups excluding carboxylic acids is 1. The average molecular weight is 419 g/mol. The second-order valence-electron chi connectivity index (χ2n) is 7.70. The Kier molecular flexibility index (Phi) is 6.70. The molecule has 0 spiro atoms. The van der Waals surface area contributed by atoms with Crippen molar-refractivity contribution in [3.05, 3.63) is 71.0 Å². The van der Waals surface area contributed by atoms with Crippen LogP contribution >= 0.6 is 0 Å². The minimum absolute atomic E-state index is 0.0207. The highest BCUT2D eigenvalue weighted by Gasteiger charge is 2.31. The minimum Gasteiger partial charge on any atom is -0.349 e. The third-order valence-corrected chi connectivity index (χ3v) is 7.23. The van der Waals surface area contributed by atoms with Gasteiger partial charge in [0.25, 0.3) is 0 Å². The summed E-state index contributed by atoms with van der Waals surface area (Å²) >= 11 is 0. The molecule has 0 aromatic heterocycles. The highest BCUT2D eigenvalue weighted by molar-refractivity contribution is 7.88. The lowest BCUT2D eigenvalue weighted by Crippen LogP contribution is -2.43. The number of amides is 1. The van der Waals surface area contributed by atoms with Crippen LogP contribution in [0.1, 0.15) is 42.5 Å². The summed E-state index contributed by atoms with van der Waals surface area (Å²) in [7, 11) is -3.41. The summed E-state index contributed by atoms with van der Waals surface area (Å²) in [6.45, 7) is 4.48. The van der Waals surface area contributed by atoms with Crippen molar-refractivity contribution in [1.29, 1.82) is 0 Å². The fourth-order valence-electron chi connectivity index (χ4n) is 3.67. The van der Waals surface area contributed by atoms with Crippen molar-refractivity contribution in [2.45, 2.75) is 38.5 Å². The van der Waals surface area contributed by atoms with E-state index < -0.39 is 10.0 Å². The molecule has 1 fully saturated rings. The first-order chi connectivity index (χ1) is 13.7. The van der Waals surface area contributed by atoms with Crippen LogP contribution in [0.2, 0.25) is 0 Å². The van der Waals surface area contributed by atoms with Crippen LogP contribution in [0, 0.1) is 18.7 Å². The quantitative estimate of drug-likeness (QED) is 0.780. The van der Waals surface area contributed by atoms with Crippen molar-refractivity contribution in [2.75, 3.05) is 13.1 Å². The van der Waals surface area contributed by atoms with E-state index in [0.29, 0.717) is 25.9 Å². The molecule has 1 heterocycles. The van der Waals surface area contributed by atoms with E-state index in [1.54, 1.807) is 12.1 Å². The first-order valence-electron chi connectivity index (χ1n) is 9.84. The van der Waals surface area contributed by atoms with E-state index in [-0.39, 0.29) is 29.4 Å². The topological polar surface area (TPSA) is 66.5 Å². The van der Waals surface area contributed by atoms with Crippen molar-refractivity contribution in [3.8, 4) is 0 Å². The van der Waals surface area contributed by atoms with E-state index in [2.05, 4.69) is 5.32 Å². The number of nitrogens with zero attached hydrogens (tertiary/aromatic N) is 1. The Bertz CT molecular complexity index is 952. The number of sulfonamides is 1. The van der Waals surface area contributed by atoms with Crippen molar-refractivity contribution < 1.29 is 17.6 Å². The molecule has 5 nitrogen and oxygen atoms in total. The van der Waals surface area contributed by atoms with E-state index in [4.69, 9.17) is 0 Å². The van der Waals surface area contributed by atoms with E-state index >= 15 is 0 Å². The number of rotatable bonds is 6. The van der Waals surface area contributed by atoms with Gasteiger partial charge in [0.2, 0.25) is 15.9 Å². The SMILES string of the molecule is Cc1cccc(CS(=O)(=O)N2CCC(C(=O)N[C@H](C)c3ccc(F)cc3)CC2)c1. The Morgan fingerprint density at radius 1 is 1.17 bits per heavy atom. The third kappa shape index (κ3) is 5.64. The third-order valence-electron chi connectivity index (χ3n) is 5.38. The standard InChI is InChI=1S/C22H27FN2O3S/c1-16-4-3-5-18(14-16)15-29(27,28)25-12-10-20(11-13-25)22(26)24-17(2)19-6-8-21(23)9-7-19/h3-9,14,17,20H,10-13,15H2,1-2H3,(H,24,26)/t17-/m1/s1. The summed E-state index contributed by atoms with van der Waals surface area (Å²) in [4.78, 5) is 12.6. The molecular formula is C22H27FN2O3S. The Hall–Kier alpha value is -2.25. The first kappa shape index (κ1) is 21.5. The van der Waals surface area contributed by atoms with Gasteiger partial charge in [0.05, 0.1) is 11.8 Å². The summed E-state index contributed by atoms with van der Waals surface area (Å²) in [6.07, 6.45) is 0.990. The molecule has 29 heavy (non-hydrogen) atoms. The van der Waals surface area contributed by atoms with Crippen LogP contribution in [0.4, 0.5) is 4.39 Å². The second kappa shape index (κ2) is 9.05. The number of piperidine rings is 1. The Morgan fingerprint density at radius 3 is 2.45 bits per heavy atom. The van der Waals surface area contributed by atoms with Gasteiger partial charge in [-0.3, -0.25) is 4.79 Å². The molecule has 1 aliphatic rings. The molecule has 0 saturated carbocycles. The van der Waals surface area contributed by atoms with Crippen molar-refractivity contribution in [3.63, 3.8) is 0 Å². The lowest BCUT2D eigenvalue weighted by molar-refractivity contribution is -0.126. The maximum absolute atomic E-state index is 13.1. The highest BCUT2D eigenvalue weighted by Crippen LogP contribution is 2.23. The van der Waals surface area contributed by atoms with Crippen LogP contribution in [-0.4, -0.2) is 31.7 Å². The van der Waals surface area contributed by atoms with E-state index in [1.807, 2.05) is 38.1 Å². The number of hydrogen-bond donors (Lipinski definition) is 1. The number of nitrogens with one attached hydrogen (secondary N) is 1. The van der Waals surface area contributed by atoms with Crippen LogP contribution in [0.25, 0.3) is 0 Å². The molecule has 0 unspecified atom stereocenters. The summed E-state index contributed by atoms with van der Waals surface area (Å²) in [5, 5.41) is 2.96. The van der Waals surface area contributed by atoms with Gasteiger partial charge in [0, 0.05) is 19.0 Å². The fraction of sp³-hybridized carbons (Fsp3) is 0.409. The molecule has 1 saturated heterocycles. The number of carbonyl (C=O) groups is 1. The number of aryl methyl sites for hydroxylation is 1. The molecule has 3 rings (SSSR count). The predicted molar refractivity (Wildman–Crippen MR) is 111 cm³/mol. The zero-order chi connectivity index (χ0) is 21.0. The molecule has 1 aliphatic heterocycles. The maximum Gasteiger partial charge on any atom is 0.223 e. The molecule has 0 radical (unpaired) electrons. The highest BCUT2D eigenvalue weighted by atomic mass is 32.2. The van der Waals surface area contributed by atoms with Gasteiger partial charge < -0.3 is 5.32 Å². The predicted octanol–water partition coefficient (Wildman–Crippen LogP) is 3.55. The fourth-order valence-corrected chi connectivity index (χ4v) is 5.22.